The summed E-state index contributed by atoms with van der Waals surface area (Å²) in [5, 5.41) is 18.8. The lowest BCUT2D eigenvalue weighted by atomic mass is 10.00. The van der Waals surface area contributed by atoms with Crippen LogP contribution < -0.4 is 0 Å². The van der Waals surface area contributed by atoms with E-state index in [2.05, 4.69) is 42.6 Å². The Hall–Kier alpha value is -2.85. The van der Waals surface area contributed by atoms with Gasteiger partial charge in [0.25, 0.3) is 0 Å². The highest BCUT2D eigenvalue weighted by Crippen LogP contribution is 2.19. The van der Waals surface area contributed by atoms with Crippen molar-refractivity contribution in [2.45, 2.75) is 19.8 Å². The van der Waals surface area contributed by atoms with Crippen molar-refractivity contribution in [1.29, 1.82) is 0 Å². The first kappa shape index (κ1) is 19.5. The maximum Gasteiger partial charge on any atom is 0.346 e. The van der Waals surface area contributed by atoms with Crippen LogP contribution in [0.15, 0.2) is 24.5 Å². The molecule has 1 aliphatic rings. The number of aromatic amines is 1. The molecule has 1 amide bonds. The van der Waals surface area contributed by atoms with Crippen molar-refractivity contribution < 1.29 is 4.79 Å². The van der Waals surface area contributed by atoms with Gasteiger partial charge in [0.2, 0.25) is 11.3 Å². The molecular formula is C17H17Cl2N9O. The van der Waals surface area contributed by atoms with Crippen molar-refractivity contribution in [3.05, 3.63) is 34.6 Å². The maximum atomic E-state index is 12.4. The molecule has 5 heterocycles. The summed E-state index contributed by atoms with van der Waals surface area (Å²) >= 11 is 11.5. The Morgan fingerprint density at radius 3 is 2.52 bits per heavy atom. The zero-order valence-electron chi connectivity index (χ0n) is 15.5. The molecule has 0 aromatic carbocycles. The van der Waals surface area contributed by atoms with Gasteiger partial charge in [-0.15, -0.1) is 10.2 Å². The van der Waals surface area contributed by atoms with E-state index in [1.165, 1.54) is 17.1 Å². The smallest absolute Gasteiger partial charge is 0.323 e. The van der Waals surface area contributed by atoms with E-state index in [0.29, 0.717) is 38.3 Å². The number of carbonyl (C=O) groups is 1. The van der Waals surface area contributed by atoms with Gasteiger partial charge in [-0.25, -0.2) is 14.8 Å². The van der Waals surface area contributed by atoms with Crippen LogP contribution in [-0.4, -0.2) is 64.4 Å². The Kier molecular flexibility index (Phi) is 5.54. The molecule has 1 aliphatic heterocycles. The summed E-state index contributed by atoms with van der Waals surface area (Å²) in [6.45, 7) is 3.72. The number of H-pyrrole nitrogens is 1. The lowest BCUT2D eigenvalue weighted by molar-refractivity contribution is 0.173. The minimum atomic E-state index is -0.154. The second-order valence-corrected chi connectivity index (χ2v) is 7.64. The summed E-state index contributed by atoms with van der Waals surface area (Å²) in [5.74, 6) is 0.674. The van der Waals surface area contributed by atoms with E-state index < -0.39 is 0 Å². The van der Waals surface area contributed by atoms with E-state index in [1.54, 1.807) is 17.0 Å². The normalized spacial score (nSPS) is 14.8. The molecule has 1 saturated heterocycles. The van der Waals surface area contributed by atoms with Gasteiger partial charge in [-0.3, -0.25) is 0 Å². The van der Waals surface area contributed by atoms with Crippen molar-refractivity contribution in [3.63, 3.8) is 0 Å². The molecule has 29 heavy (non-hydrogen) atoms. The van der Waals surface area contributed by atoms with Crippen molar-refractivity contribution >= 4 is 51.6 Å². The van der Waals surface area contributed by atoms with E-state index in [4.69, 9.17) is 23.2 Å². The number of amides is 1. The largest absolute Gasteiger partial charge is 0.346 e. The number of rotatable bonds is 0. The first-order valence-corrected chi connectivity index (χ1v) is 9.75. The van der Waals surface area contributed by atoms with E-state index in [0.717, 1.165) is 25.9 Å². The van der Waals surface area contributed by atoms with Gasteiger partial charge in [0.1, 0.15) is 11.0 Å². The zero-order valence-corrected chi connectivity index (χ0v) is 17.0. The number of carbonyl (C=O) groups excluding carboxylic acids is 1. The van der Waals surface area contributed by atoms with Gasteiger partial charge >= 0.3 is 6.03 Å². The van der Waals surface area contributed by atoms with Crippen LogP contribution in [0.4, 0.5) is 4.79 Å². The topological polar surface area (TPSA) is 118 Å². The summed E-state index contributed by atoms with van der Waals surface area (Å²) < 4.78 is 1.28. The first-order chi connectivity index (χ1) is 14.0. The second kappa shape index (κ2) is 8.26. The minimum Gasteiger partial charge on any atom is -0.323 e. The average molecular weight is 434 g/mol. The number of aromatic nitrogens is 8. The molecule has 4 aromatic rings. The fourth-order valence-corrected chi connectivity index (χ4v) is 3.28. The van der Waals surface area contributed by atoms with E-state index in [1.807, 2.05) is 0 Å². The van der Waals surface area contributed by atoms with E-state index >= 15 is 0 Å². The molecule has 5 rings (SSSR count). The number of piperidine rings is 1. The Balaban J connectivity index is 0.000000171. The quantitative estimate of drug-likeness (QED) is 0.452. The van der Waals surface area contributed by atoms with Crippen LogP contribution in [0.3, 0.4) is 0 Å². The molecule has 0 atom stereocenters. The molecule has 12 heteroatoms. The molecule has 0 saturated carbocycles. The molecule has 0 aliphatic carbocycles. The molecule has 150 valence electrons. The van der Waals surface area contributed by atoms with Gasteiger partial charge in [0.05, 0.1) is 10.0 Å². The average Bonchev–Trinajstić information content (AvgIpc) is 3.34. The SMILES string of the molecule is CC1CCN(C(=O)n2nnc3ncc(Cl)cc32)CC1.Clc1cnc2n[nH]nc2c1. The molecule has 1 fully saturated rings. The molecule has 0 bridgehead atoms. The van der Waals surface area contributed by atoms with Crippen LogP contribution in [0.2, 0.25) is 10.0 Å². The lowest BCUT2D eigenvalue weighted by Crippen LogP contribution is -2.40. The van der Waals surface area contributed by atoms with Crippen LogP contribution in [0.5, 0.6) is 0 Å². The summed E-state index contributed by atoms with van der Waals surface area (Å²) in [6, 6.07) is 3.21. The van der Waals surface area contributed by atoms with Crippen molar-refractivity contribution in [2.24, 2.45) is 5.92 Å². The van der Waals surface area contributed by atoms with E-state index in [9.17, 15) is 4.79 Å². The molecule has 1 N–H and O–H groups in total. The van der Waals surface area contributed by atoms with Crippen molar-refractivity contribution in [1.82, 2.24) is 45.3 Å². The van der Waals surface area contributed by atoms with Gasteiger partial charge in [-0.05, 0) is 30.9 Å². The zero-order chi connectivity index (χ0) is 20.4. The number of nitrogens with one attached hydrogen (secondary N) is 1. The molecule has 4 aromatic heterocycles. The Morgan fingerprint density at radius 1 is 1.07 bits per heavy atom. The third-order valence-electron chi connectivity index (χ3n) is 4.65. The minimum absolute atomic E-state index is 0.154. The van der Waals surface area contributed by atoms with Gasteiger partial charge < -0.3 is 4.90 Å². The summed E-state index contributed by atoms with van der Waals surface area (Å²) in [4.78, 5) is 22.2. The van der Waals surface area contributed by atoms with E-state index in [-0.39, 0.29) is 6.03 Å². The van der Waals surface area contributed by atoms with Crippen LogP contribution in [0, 0.1) is 5.92 Å². The molecule has 0 unspecified atom stereocenters. The van der Waals surface area contributed by atoms with Gasteiger partial charge in [-0.1, -0.05) is 35.3 Å². The Labute approximate surface area is 175 Å². The lowest BCUT2D eigenvalue weighted by Gasteiger charge is -2.29. The third-order valence-corrected chi connectivity index (χ3v) is 5.06. The van der Waals surface area contributed by atoms with Crippen molar-refractivity contribution in [2.75, 3.05) is 13.1 Å². The fraction of sp³-hybridized carbons (Fsp3) is 0.353. The molecular weight excluding hydrogens is 417 g/mol. The van der Waals surface area contributed by atoms with Gasteiger partial charge in [0.15, 0.2) is 0 Å². The molecule has 0 spiro atoms. The highest BCUT2D eigenvalue weighted by molar-refractivity contribution is 6.31. The summed E-state index contributed by atoms with van der Waals surface area (Å²) in [7, 11) is 0. The van der Waals surface area contributed by atoms with Crippen molar-refractivity contribution in [3.8, 4) is 0 Å². The van der Waals surface area contributed by atoms with Gasteiger partial charge in [-0.2, -0.15) is 15.0 Å². The standard InChI is InChI=1S/C12H14ClN5O.C5H3ClN4/c1-8-2-4-17(5-3-8)12(19)18-10-6-9(13)7-14-11(10)15-16-18;6-3-1-4-5(7-2-3)9-10-8-4/h6-8H,2-5H2,1H3;1-2H,(H,7,8,9,10). The predicted octanol–water partition coefficient (Wildman–Crippen LogP) is 3.19. The number of halogens is 2. The first-order valence-electron chi connectivity index (χ1n) is 8.99. The summed E-state index contributed by atoms with van der Waals surface area (Å²) in [5.41, 5.74) is 2.26. The second-order valence-electron chi connectivity index (χ2n) is 6.77. The van der Waals surface area contributed by atoms with Crippen LogP contribution in [0.25, 0.3) is 22.3 Å². The molecule has 0 radical (unpaired) electrons. The fourth-order valence-electron chi connectivity index (χ4n) is 2.98. The number of nitrogens with zero attached hydrogens (tertiary/aromatic N) is 8. The number of fused-ring (bicyclic) bond motifs is 2. The number of pyridine rings is 2. The highest BCUT2D eigenvalue weighted by Gasteiger charge is 2.24. The Bertz CT molecular complexity index is 1150. The number of hydrogen-bond acceptors (Lipinski definition) is 7. The maximum absolute atomic E-state index is 12.4. The number of likely N-dealkylation sites (tertiary alicyclic amines) is 1. The van der Waals surface area contributed by atoms with Crippen LogP contribution in [-0.2, 0) is 0 Å². The highest BCUT2D eigenvalue weighted by atomic mass is 35.5. The number of hydrogen-bond donors (Lipinski definition) is 1. The molecule has 10 nitrogen and oxygen atoms in total. The van der Waals surface area contributed by atoms with Crippen LogP contribution in [0.1, 0.15) is 19.8 Å². The summed E-state index contributed by atoms with van der Waals surface area (Å²) in [6.07, 6.45) is 5.08. The predicted molar refractivity (Wildman–Crippen MR) is 108 cm³/mol. The monoisotopic (exact) mass is 433 g/mol. The third kappa shape index (κ3) is 4.28. The Morgan fingerprint density at radius 2 is 1.76 bits per heavy atom. The van der Waals surface area contributed by atoms with Crippen LogP contribution >= 0.6 is 23.2 Å². The van der Waals surface area contributed by atoms with Gasteiger partial charge in [0, 0.05) is 25.5 Å².